The fourth-order valence-corrected chi connectivity index (χ4v) is 2.57. The minimum absolute atomic E-state index is 0.180. The second-order valence-corrected chi connectivity index (χ2v) is 5.13. The number of thiocarbonyl (C=S) groups is 1. The van der Waals surface area contributed by atoms with Crippen molar-refractivity contribution in [3.63, 3.8) is 0 Å². The van der Waals surface area contributed by atoms with Gasteiger partial charge in [0, 0.05) is 0 Å². The highest BCUT2D eigenvalue weighted by atomic mass is 32.1. The number of hydrogen-bond donors (Lipinski definition) is 3. The number of nitrogens with one attached hydrogen (secondary N) is 3. The molecule has 0 bridgehead atoms. The van der Waals surface area contributed by atoms with Gasteiger partial charge in [0.25, 0.3) is 5.56 Å². The first-order valence-corrected chi connectivity index (χ1v) is 6.81. The number of fused-ring (bicyclic) bond motifs is 1. The molecule has 0 fully saturated rings. The van der Waals surface area contributed by atoms with Crippen LogP contribution in [0.5, 0.6) is 5.75 Å². The third-order valence-electron chi connectivity index (χ3n) is 3.32. The maximum absolute atomic E-state index is 12.3. The molecule has 0 saturated heterocycles. The molecule has 1 aliphatic heterocycles. The number of aromatic nitrogens is 2. The van der Waals surface area contributed by atoms with Gasteiger partial charge in [-0.1, -0.05) is 12.1 Å². The number of H-pyrrole nitrogens is 1. The molecule has 1 aromatic carbocycles. The monoisotopic (exact) mass is 302 g/mol. The molecule has 1 atom stereocenters. The van der Waals surface area contributed by atoms with E-state index in [9.17, 15) is 4.79 Å². The molecule has 1 aliphatic rings. The number of methoxy groups -OCH3 is 1. The Labute approximate surface area is 126 Å². The van der Waals surface area contributed by atoms with Crippen LogP contribution in [-0.2, 0) is 0 Å². The lowest BCUT2D eigenvalue weighted by Crippen LogP contribution is -2.42. The smallest absolute Gasteiger partial charge is 0.258 e. The van der Waals surface area contributed by atoms with Crippen LogP contribution >= 0.6 is 12.2 Å². The Balaban J connectivity index is 2.12. The van der Waals surface area contributed by atoms with Gasteiger partial charge in [0.15, 0.2) is 5.11 Å². The van der Waals surface area contributed by atoms with Crippen LogP contribution in [0.15, 0.2) is 29.1 Å². The van der Waals surface area contributed by atoms with E-state index in [4.69, 9.17) is 17.0 Å². The fraction of sp³-hybridized carbons (Fsp3) is 0.214. The number of rotatable bonds is 2. The zero-order valence-corrected chi connectivity index (χ0v) is 12.4. The largest absolute Gasteiger partial charge is 0.497 e. The molecule has 0 saturated carbocycles. The minimum atomic E-state index is -0.337. The van der Waals surface area contributed by atoms with Gasteiger partial charge in [-0.2, -0.15) is 0 Å². The van der Waals surface area contributed by atoms with E-state index in [1.54, 1.807) is 14.0 Å². The summed E-state index contributed by atoms with van der Waals surface area (Å²) < 4.78 is 5.15. The van der Waals surface area contributed by atoms with Crippen molar-refractivity contribution >= 4 is 23.1 Å². The van der Waals surface area contributed by atoms with E-state index in [-0.39, 0.29) is 11.6 Å². The molecule has 3 N–H and O–H groups in total. The second kappa shape index (κ2) is 5.17. The zero-order chi connectivity index (χ0) is 15.0. The normalized spacial score (nSPS) is 16.7. The lowest BCUT2D eigenvalue weighted by atomic mass is 9.98. The van der Waals surface area contributed by atoms with Crippen LogP contribution in [0, 0.1) is 6.92 Å². The molecule has 1 aromatic heterocycles. The Morgan fingerprint density at radius 3 is 2.67 bits per heavy atom. The number of ether oxygens (including phenoxy) is 1. The molecular weight excluding hydrogens is 288 g/mol. The number of aromatic amines is 1. The Bertz CT molecular complexity index is 755. The molecule has 108 valence electrons. The first kappa shape index (κ1) is 13.6. The molecular formula is C14H14N4O2S. The Morgan fingerprint density at radius 1 is 1.29 bits per heavy atom. The van der Waals surface area contributed by atoms with Crippen molar-refractivity contribution in [2.75, 3.05) is 12.4 Å². The Hall–Kier alpha value is -2.41. The quantitative estimate of drug-likeness (QED) is 0.729. The third-order valence-corrected chi connectivity index (χ3v) is 3.54. The lowest BCUT2D eigenvalue weighted by Gasteiger charge is -2.28. The predicted octanol–water partition coefficient (Wildman–Crippen LogP) is 1.48. The first-order chi connectivity index (χ1) is 10.1. The number of aryl methyl sites for hydroxylation is 1. The molecule has 3 rings (SSSR count). The minimum Gasteiger partial charge on any atom is -0.497 e. The van der Waals surface area contributed by atoms with Crippen molar-refractivity contribution in [2.45, 2.75) is 13.0 Å². The number of hydrogen-bond acceptors (Lipinski definition) is 4. The zero-order valence-electron chi connectivity index (χ0n) is 11.6. The van der Waals surface area contributed by atoms with Crippen LogP contribution in [0.1, 0.15) is 23.0 Å². The molecule has 6 nitrogen and oxygen atoms in total. The van der Waals surface area contributed by atoms with Crippen LogP contribution in [0.3, 0.4) is 0 Å². The summed E-state index contributed by atoms with van der Waals surface area (Å²) in [6.07, 6.45) is 0. The summed E-state index contributed by atoms with van der Waals surface area (Å²) in [6, 6.07) is 7.15. The third kappa shape index (κ3) is 2.47. The van der Waals surface area contributed by atoms with Crippen LogP contribution in [0.25, 0.3) is 0 Å². The van der Waals surface area contributed by atoms with Gasteiger partial charge < -0.3 is 20.4 Å². The highest BCUT2D eigenvalue weighted by molar-refractivity contribution is 7.80. The van der Waals surface area contributed by atoms with E-state index in [0.29, 0.717) is 22.3 Å². The maximum atomic E-state index is 12.3. The summed E-state index contributed by atoms with van der Waals surface area (Å²) in [5.41, 5.74) is 1.26. The molecule has 0 aliphatic carbocycles. The number of benzene rings is 1. The lowest BCUT2D eigenvalue weighted by molar-refractivity contribution is 0.414. The average molecular weight is 302 g/mol. The highest BCUT2D eigenvalue weighted by Gasteiger charge is 2.28. The van der Waals surface area contributed by atoms with E-state index in [0.717, 1.165) is 11.3 Å². The molecule has 7 heteroatoms. The molecule has 2 aromatic rings. The van der Waals surface area contributed by atoms with Gasteiger partial charge in [-0.05, 0) is 36.8 Å². The average Bonchev–Trinajstić information content (AvgIpc) is 2.45. The van der Waals surface area contributed by atoms with Crippen molar-refractivity contribution in [2.24, 2.45) is 0 Å². The van der Waals surface area contributed by atoms with Crippen molar-refractivity contribution in [1.82, 2.24) is 15.3 Å². The molecule has 0 amide bonds. The molecule has 2 heterocycles. The fourth-order valence-electron chi connectivity index (χ4n) is 2.35. The van der Waals surface area contributed by atoms with Crippen LogP contribution in [0.4, 0.5) is 5.82 Å². The van der Waals surface area contributed by atoms with Crippen molar-refractivity contribution in [1.29, 1.82) is 0 Å². The van der Waals surface area contributed by atoms with Crippen LogP contribution < -0.4 is 20.9 Å². The van der Waals surface area contributed by atoms with E-state index in [1.807, 2.05) is 24.3 Å². The van der Waals surface area contributed by atoms with Gasteiger partial charge in [0.1, 0.15) is 17.4 Å². The summed E-state index contributed by atoms with van der Waals surface area (Å²) in [4.78, 5) is 19.3. The summed E-state index contributed by atoms with van der Waals surface area (Å²) in [7, 11) is 1.61. The number of nitrogens with zero attached hydrogens (tertiary/aromatic N) is 1. The summed E-state index contributed by atoms with van der Waals surface area (Å²) >= 11 is 5.19. The van der Waals surface area contributed by atoms with E-state index >= 15 is 0 Å². The van der Waals surface area contributed by atoms with Crippen molar-refractivity contribution in [3.8, 4) is 5.75 Å². The van der Waals surface area contributed by atoms with Gasteiger partial charge in [-0.15, -0.1) is 0 Å². The molecule has 1 unspecified atom stereocenters. The van der Waals surface area contributed by atoms with Gasteiger partial charge in [-0.3, -0.25) is 4.79 Å². The summed E-state index contributed by atoms with van der Waals surface area (Å²) in [6.45, 7) is 1.73. The van der Waals surface area contributed by atoms with E-state index in [1.165, 1.54) is 0 Å². The Kier molecular flexibility index (Phi) is 3.34. The van der Waals surface area contributed by atoms with Gasteiger partial charge in [0.05, 0.1) is 18.7 Å². The maximum Gasteiger partial charge on any atom is 0.258 e. The van der Waals surface area contributed by atoms with E-state index < -0.39 is 0 Å². The summed E-state index contributed by atoms with van der Waals surface area (Å²) in [5, 5.41) is 6.48. The van der Waals surface area contributed by atoms with Gasteiger partial charge in [-0.25, -0.2) is 4.98 Å². The Morgan fingerprint density at radius 2 is 2.00 bits per heavy atom. The standard InChI is InChI=1S/C14H14N4O2S/c1-7-15-12-10(13(19)16-7)11(17-14(21)18-12)8-3-5-9(20-2)6-4-8/h3-6,11H,1-2H3,(H3,15,16,17,18,19,21). The van der Waals surface area contributed by atoms with E-state index in [2.05, 4.69) is 20.6 Å². The van der Waals surface area contributed by atoms with Crippen LogP contribution in [-0.4, -0.2) is 22.2 Å². The second-order valence-electron chi connectivity index (χ2n) is 4.72. The van der Waals surface area contributed by atoms with Crippen molar-refractivity contribution in [3.05, 3.63) is 51.6 Å². The van der Waals surface area contributed by atoms with Crippen LogP contribution in [0.2, 0.25) is 0 Å². The first-order valence-electron chi connectivity index (χ1n) is 6.41. The molecule has 0 spiro atoms. The SMILES string of the molecule is COc1ccc(C2NC(=S)Nc3nc(C)[nH]c(=O)c32)cc1. The molecule has 21 heavy (non-hydrogen) atoms. The van der Waals surface area contributed by atoms with Gasteiger partial charge in [0.2, 0.25) is 0 Å². The predicted molar refractivity (Wildman–Crippen MR) is 83.8 cm³/mol. The van der Waals surface area contributed by atoms with Gasteiger partial charge >= 0.3 is 0 Å². The number of anilines is 1. The summed E-state index contributed by atoms with van der Waals surface area (Å²) in [5.74, 6) is 1.80. The highest BCUT2D eigenvalue weighted by Crippen LogP contribution is 2.28. The molecule has 0 radical (unpaired) electrons. The topological polar surface area (TPSA) is 79.0 Å². The van der Waals surface area contributed by atoms with Crippen molar-refractivity contribution < 1.29 is 4.74 Å².